The molecule has 0 radical (unpaired) electrons. The molecule has 1 aromatic heterocycles. The largest absolute Gasteiger partial charge is 0.325 e. The summed E-state index contributed by atoms with van der Waals surface area (Å²) in [4.78, 5) is 12.5. The molecule has 2 heterocycles. The van der Waals surface area contributed by atoms with Gasteiger partial charge >= 0.3 is 0 Å². The van der Waals surface area contributed by atoms with Crippen LogP contribution >= 0.6 is 11.3 Å². The normalized spacial score (nSPS) is 32.1. The molecule has 3 rings (SSSR count). The smallest absolute Gasteiger partial charge is 0.232 e. The lowest BCUT2D eigenvalue weighted by atomic mass is 9.67. The van der Waals surface area contributed by atoms with Crippen LogP contribution in [-0.2, 0) is 4.79 Å². The van der Waals surface area contributed by atoms with E-state index in [1.54, 1.807) is 11.3 Å². The Morgan fingerprint density at radius 1 is 1.53 bits per heavy atom. The summed E-state index contributed by atoms with van der Waals surface area (Å²) >= 11 is 1.62. The standard InChI is InChI=1S/C13H18N2OS/c16-12(15-11-4-6-17-8-11)13-5-2-1-3-10(13)7-14-9-13/h4,6,8,10,14H,1-3,5,7,9H2,(H,15,16)/t10-,13+/m0/s1. The minimum absolute atomic E-state index is 0.139. The fourth-order valence-electron chi connectivity index (χ4n) is 3.28. The Bertz CT molecular complexity index is 404. The van der Waals surface area contributed by atoms with Crippen molar-refractivity contribution in [2.24, 2.45) is 11.3 Å². The summed E-state index contributed by atoms with van der Waals surface area (Å²) in [6.45, 7) is 1.87. The third-order valence-corrected chi connectivity index (χ3v) is 4.95. The summed E-state index contributed by atoms with van der Waals surface area (Å²) in [5, 5.41) is 10.5. The molecule has 2 aliphatic rings. The number of carbonyl (C=O) groups is 1. The van der Waals surface area contributed by atoms with Gasteiger partial charge < -0.3 is 10.6 Å². The second kappa shape index (κ2) is 4.42. The van der Waals surface area contributed by atoms with Crippen LogP contribution in [0, 0.1) is 11.3 Å². The summed E-state index contributed by atoms with van der Waals surface area (Å²) in [7, 11) is 0. The number of rotatable bonds is 2. The summed E-state index contributed by atoms with van der Waals surface area (Å²) in [6, 6.07) is 1.97. The quantitative estimate of drug-likeness (QED) is 0.846. The number of carbonyl (C=O) groups excluding carboxylic acids is 1. The van der Waals surface area contributed by atoms with Crippen LogP contribution in [0.4, 0.5) is 5.69 Å². The number of anilines is 1. The molecule has 0 aromatic carbocycles. The summed E-state index contributed by atoms with van der Waals surface area (Å²) in [5.41, 5.74) is 0.811. The molecular weight excluding hydrogens is 232 g/mol. The first-order chi connectivity index (χ1) is 8.31. The fraction of sp³-hybridized carbons (Fsp3) is 0.615. The molecule has 1 saturated carbocycles. The van der Waals surface area contributed by atoms with Crippen LogP contribution in [-0.4, -0.2) is 19.0 Å². The van der Waals surface area contributed by atoms with Crippen molar-refractivity contribution >= 4 is 22.9 Å². The van der Waals surface area contributed by atoms with Crippen LogP contribution < -0.4 is 10.6 Å². The zero-order valence-electron chi connectivity index (χ0n) is 9.87. The van der Waals surface area contributed by atoms with E-state index in [0.29, 0.717) is 5.92 Å². The Hall–Kier alpha value is -0.870. The van der Waals surface area contributed by atoms with Crippen LogP contribution in [0.15, 0.2) is 16.8 Å². The Kier molecular flexibility index (Phi) is 2.92. The van der Waals surface area contributed by atoms with E-state index in [0.717, 1.165) is 25.2 Å². The van der Waals surface area contributed by atoms with E-state index in [2.05, 4.69) is 10.6 Å². The SMILES string of the molecule is O=C(Nc1ccsc1)[C@@]12CCCC[C@H]1CNC2. The Morgan fingerprint density at radius 2 is 2.47 bits per heavy atom. The minimum atomic E-state index is -0.139. The molecule has 17 heavy (non-hydrogen) atoms. The molecule has 2 atom stereocenters. The molecule has 1 amide bonds. The van der Waals surface area contributed by atoms with Crippen molar-refractivity contribution in [2.75, 3.05) is 18.4 Å². The van der Waals surface area contributed by atoms with E-state index < -0.39 is 0 Å². The van der Waals surface area contributed by atoms with Crippen molar-refractivity contribution in [1.29, 1.82) is 0 Å². The number of thiophene rings is 1. The zero-order valence-corrected chi connectivity index (χ0v) is 10.7. The Balaban J connectivity index is 1.79. The Labute approximate surface area is 106 Å². The van der Waals surface area contributed by atoms with Gasteiger partial charge in [0.05, 0.1) is 11.1 Å². The van der Waals surface area contributed by atoms with Crippen LogP contribution in [0.25, 0.3) is 0 Å². The van der Waals surface area contributed by atoms with E-state index in [-0.39, 0.29) is 11.3 Å². The predicted octanol–water partition coefficient (Wildman–Crippen LogP) is 2.47. The van der Waals surface area contributed by atoms with Gasteiger partial charge in [-0.15, -0.1) is 0 Å². The zero-order chi connectivity index (χ0) is 11.7. The van der Waals surface area contributed by atoms with Gasteiger partial charge in [-0.1, -0.05) is 12.8 Å². The molecule has 4 heteroatoms. The van der Waals surface area contributed by atoms with Crippen molar-refractivity contribution in [3.8, 4) is 0 Å². The van der Waals surface area contributed by atoms with Crippen molar-refractivity contribution in [3.05, 3.63) is 16.8 Å². The summed E-state index contributed by atoms with van der Waals surface area (Å²) in [5.74, 6) is 0.764. The maximum Gasteiger partial charge on any atom is 0.232 e. The first-order valence-corrected chi connectivity index (χ1v) is 7.30. The highest BCUT2D eigenvalue weighted by Gasteiger charge is 2.49. The van der Waals surface area contributed by atoms with Crippen LogP contribution in [0.2, 0.25) is 0 Å². The molecule has 0 spiro atoms. The van der Waals surface area contributed by atoms with Crippen molar-refractivity contribution in [2.45, 2.75) is 25.7 Å². The second-order valence-corrected chi connectivity index (χ2v) is 5.98. The number of nitrogens with one attached hydrogen (secondary N) is 2. The van der Waals surface area contributed by atoms with Gasteiger partial charge in [-0.3, -0.25) is 4.79 Å². The van der Waals surface area contributed by atoms with Crippen LogP contribution in [0.5, 0.6) is 0 Å². The Morgan fingerprint density at radius 3 is 3.29 bits per heavy atom. The highest BCUT2D eigenvalue weighted by Crippen LogP contribution is 2.44. The van der Waals surface area contributed by atoms with Crippen LogP contribution in [0.3, 0.4) is 0 Å². The van der Waals surface area contributed by atoms with Gasteiger partial charge in [0.2, 0.25) is 5.91 Å². The molecule has 0 bridgehead atoms. The molecule has 2 N–H and O–H groups in total. The first kappa shape index (κ1) is 11.2. The number of hydrogen-bond donors (Lipinski definition) is 2. The van der Waals surface area contributed by atoms with Gasteiger partial charge in [0.1, 0.15) is 0 Å². The average molecular weight is 250 g/mol. The maximum atomic E-state index is 12.5. The van der Waals surface area contributed by atoms with Crippen molar-refractivity contribution in [3.63, 3.8) is 0 Å². The lowest BCUT2D eigenvalue weighted by molar-refractivity contribution is -0.128. The van der Waals surface area contributed by atoms with E-state index in [1.165, 1.54) is 19.3 Å². The van der Waals surface area contributed by atoms with Gasteiger partial charge in [0, 0.05) is 11.9 Å². The lowest BCUT2D eigenvalue weighted by Gasteiger charge is -2.36. The molecule has 1 aliphatic carbocycles. The third-order valence-electron chi connectivity index (χ3n) is 4.27. The summed E-state index contributed by atoms with van der Waals surface area (Å²) in [6.07, 6.45) is 4.71. The minimum Gasteiger partial charge on any atom is -0.325 e. The highest BCUT2D eigenvalue weighted by molar-refractivity contribution is 7.08. The molecule has 92 valence electrons. The van der Waals surface area contributed by atoms with E-state index in [1.807, 2.05) is 16.8 Å². The van der Waals surface area contributed by atoms with E-state index in [4.69, 9.17) is 0 Å². The summed E-state index contributed by atoms with van der Waals surface area (Å²) < 4.78 is 0. The van der Waals surface area contributed by atoms with Gasteiger partial charge in [0.25, 0.3) is 0 Å². The predicted molar refractivity (Wildman–Crippen MR) is 70.2 cm³/mol. The van der Waals surface area contributed by atoms with Gasteiger partial charge in [0.15, 0.2) is 0 Å². The molecule has 0 unspecified atom stereocenters. The monoisotopic (exact) mass is 250 g/mol. The van der Waals surface area contributed by atoms with Gasteiger partial charge in [-0.25, -0.2) is 0 Å². The molecule has 2 fully saturated rings. The lowest BCUT2D eigenvalue weighted by Crippen LogP contribution is -2.44. The maximum absolute atomic E-state index is 12.5. The van der Waals surface area contributed by atoms with E-state index >= 15 is 0 Å². The van der Waals surface area contributed by atoms with Crippen LogP contribution in [0.1, 0.15) is 25.7 Å². The van der Waals surface area contributed by atoms with Crippen molar-refractivity contribution < 1.29 is 4.79 Å². The highest BCUT2D eigenvalue weighted by atomic mass is 32.1. The molecular formula is C13H18N2OS. The van der Waals surface area contributed by atoms with Gasteiger partial charge in [-0.05, 0) is 36.8 Å². The molecule has 1 aromatic rings. The van der Waals surface area contributed by atoms with Gasteiger partial charge in [-0.2, -0.15) is 11.3 Å². The topological polar surface area (TPSA) is 41.1 Å². The van der Waals surface area contributed by atoms with Crippen molar-refractivity contribution in [1.82, 2.24) is 5.32 Å². The fourth-order valence-corrected chi connectivity index (χ4v) is 3.87. The molecule has 3 nitrogen and oxygen atoms in total. The number of hydrogen-bond acceptors (Lipinski definition) is 3. The number of fused-ring (bicyclic) bond motifs is 1. The van der Waals surface area contributed by atoms with E-state index in [9.17, 15) is 4.79 Å². The number of amides is 1. The second-order valence-electron chi connectivity index (χ2n) is 5.20. The third kappa shape index (κ3) is 1.89. The molecule has 1 saturated heterocycles. The first-order valence-electron chi connectivity index (χ1n) is 6.36. The molecule has 1 aliphatic heterocycles. The average Bonchev–Trinajstić information content (AvgIpc) is 2.96.